The molecule has 0 heterocycles. The highest BCUT2D eigenvalue weighted by Gasteiger charge is 2.44. The molecule has 0 unspecified atom stereocenters. The van der Waals surface area contributed by atoms with Crippen LogP contribution >= 0.6 is 0 Å². The lowest BCUT2D eigenvalue weighted by atomic mass is 10.2. The van der Waals surface area contributed by atoms with Crippen molar-refractivity contribution in [3.05, 3.63) is 24.3 Å². The van der Waals surface area contributed by atoms with Crippen molar-refractivity contribution < 1.29 is 14.0 Å². The van der Waals surface area contributed by atoms with Gasteiger partial charge in [0.05, 0.1) is 0 Å². The van der Waals surface area contributed by atoms with Gasteiger partial charge in [0.15, 0.2) is 8.32 Å². The Hall–Kier alpha value is -0.873. The third kappa shape index (κ3) is 7.80. The van der Waals surface area contributed by atoms with Crippen LogP contribution in [0.15, 0.2) is 24.3 Å². The first-order valence-corrected chi connectivity index (χ1v) is 11.3. The van der Waals surface area contributed by atoms with Gasteiger partial charge >= 0.3 is 5.97 Å². The topological polar surface area (TPSA) is 35.5 Å². The van der Waals surface area contributed by atoms with Gasteiger partial charge in [0, 0.05) is 12.7 Å². The number of hydrogen-bond acceptors (Lipinski definition) is 3. The van der Waals surface area contributed by atoms with E-state index in [4.69, 9.17) is 9.16 Å². The number of carbonyl (C=O) groups excluding carboxylic acids is 1. The first-order valence-electron chi connectivity index (χ1n) is 9.13. The number of esters is 1. The van der Waals surface area contributed by atoms with Crippen molar-refractivity contribution in [2.45, 2.75) is 91.0 Å². The van der Waals surface area contributed by atoms with Gasteiger partial charge in [-0.15, -0.1) is 0 Å². The Morgan fingerprint density at radius 1 is 0.958 bits per heavy atom. The van der Waals surface area contributed by atoms with Crippen LogP contribution in [0.25, 0.3) is 0 Å². The summed E-state index contributed by atoms with van der Waals surface area (Å²) in [4.78, 5) is 11.5. The fraction of sp³-hybridized carbons (Fsp3) is 0.750. The van der Waals surface area contributed by atoms with Crippen molar-refractivity contribution in [2.24, 2.45) is 0 Å². The van der Waals surface area contributed by atoms with E-state index in [2.05, 4.69) is 41.5 Å². The predicted molar refractivity (Wildman–Crippen MR) is 106 cm³/mol. The number of allylic oxidation sites excluding steroid dienone is 2. The van der Waals surface area contributed by atoms with E-state index in [9.17, 15) is 4.79 Å². The summed E-state index contributed by atoms with van der Waals surface area (Å²) in [5.74, 6) is -0.311. The molecule has 0 fully saturated rings. The Morgan fingerprint density at radius 3 is 1.88 bits per heavy atom. The summed E-state index contributed by atoms with van der Waals surface area (Å²) in [6.45, 7) is 20.1. The SMILES string of the molecule is CC(C)[Si](OCC/C=C/C=C/C(=O)OC(C)(C)C)(C(C)C)C(C)C. The summed E-state index contributed by atoms with van der Waals surface area (Å²) >= 11 is 0. The van der Waals surface area contributed by atoms with E-state index in [1.807, 2.05) is 32.9 Å². The molecule has 0 aromatic rings. The summed E-state index contributed by atoms with van der Waals surface area (Å²) in [5, 5.41) is 0. The van der Waals surface area contributed by atoms with Gasteiger partial charge in [-0.3, -0.25) is 0 Å². The molecule has 4 heteroatoms. The molecule has 0 aromatic heterocycles. The van der Waals surface area contributed by atoms with Gasteiger partial charge in [-0.1, -0.05) is 59.8 Å². The molecule has 0 saturated carbocycles. The van der Waals surface area contributed by atoms with Crippen molar-refractivity contribution in [3.8, 4) is 0 Å². The molecular weight excluding hydrogens is 316 g/mol. The summed E-state index contributed by atoms with van der Waals surface area (Å²) < 4.78 is 11.7. The van der Waals surface area contributed by atoms with E-state index in [1.165, 1.54) is 6.08 Å². The molecule has 24 heavy (non-hydrogen) atoms. The van der Waals surface area contributed by atoms with Crippen LogP contribution in [-0.2, 0) is 14.0 Å². The van der Waals surface area contributed by atoms with E-state index in [1.54, 1.807) is 6.08 Å². The van der Waals surface area contributed by atoms with Crippen LogP contribution in [-0.4, -0.2) is 26.5 Å². The molecule has 0 aliphatic carbocycles. The summed E-state index contributed by atoms with van der Waals surface area (Å²) in [5.41, 5.74) is 1.37. The molecule has 0 atom stereocenters. The fourth-order valence-electron chi connectivity index (χ4n) is 3.45. The molecule has 140 valence electrons. The van der Waals surface area contributed by atoms with Crippen LogP contribution in [0.5, 0.6) is 0 Å². The Morgan fingerprint density at radius 2 is 1.46 bits per heavy atom. The zero-order valence-corrected chi connectivity index (χ0v) is 18.2. The number of ether oxygens (including phenoxy) is 1. The van der Waals surface area contributed by atoms with Gasteiger partial charge in [0.2, 0.25) is 0 Å². The molecule has 0 saturated heterocycles. The second kappa shape index (κ2) is 10.2. The molecule has 0 amide bonds. The Balaban J connectivity index is 4.43. The second-order valence-electron chi connectivity index (χ2n) is 8.28. The highest BCUT2D eigenvalue weighted by atomic mass is 28.4. The van der Waals surface area contributed by atoms with Crippen molar-refractivity contribution in [1.82, 2.24) is 0 Å². The zero-order valence-electron chi connectivity index (χ0n) is 17.2. The van der Waals surface area contributed by atoms with Crippen molar-refractivity contribution in [2.75, 3.05) is 6.61 Å². The van der Waals surface area contributed by atoms with E-state index >= 15 is 0 Å². The van der Waals surface area contributed by atoms with E-state index in [0.29, 0.717) is 16.6 Å². The molecule has 0 aromatic carbocycles. The first kappa shape index (κ1) is 23.1. The van der Waals surface area contributed by atoms with Crippen molar-refractivity contribution in [1.29, 1.82) is 0 Å². The first-order chi connectivity index (χ1) is 10.9. The lowest BCUT2D eigenvalue weighted by Gasteiger charge is -2.42. The minimum Gasteiger partial charge on any atom is -0.457 e. The molecule has 0 bridgehead atoms. The van der Waals surface area contributed by atoms with Crippen LogP contribution in [0, 0.1) is 0 Å². The molecule has 0 aliphatic rings. The Kier molecular flexibility index (Phi) is 9.82. The minimum atomic E-state index is -1.77. The summed E-state index contributed by atoms with van der Waals surface area (Å²) in [6, 6.07) is 0. The highest BCUT2D eigenvalue weighted by molar-refractivity contribution is 6.77. The predicted octanol–water partition coefficient (Wildman–Crippen LogP) is 6.02. The summed E-state index contributed by atoms with van der Waals surface area (Å²) in [6.07, 6.45) is 7.97. The third-order valence-electron chi connectivity index (χ3n) is 4.23. The maximum Gasteiger partial charge on any atom is 0.331 e. The zero-order chi connectivity index (χ0) is 19.0. The maximum absolute atomic E-state index is 11.5. The highest BCUT2D eigenvalue weighted by Crippen LogP contribution is 2.42. The minimum absolute atomic E-state index is 0.311. The van der Waals surface area contributed by atoms with Crippen LogP contribution < -0.4 is 0 Å². The van der Waals surface area contributed by atoms with Crippen LogP contribution in [0.1, 0.15) is 68.7 Å². The smallest absolute Gasteiger partial charge is 0.331 e. The van der Waals surface area contributed by atoms with Crippen molar-refractivity contribution >= 4 is 14.3 Å². The van der Waals surface area contributed by atoms with Crippen LogP contribution in [0.2, 0.25) is 16.6 Å². The monoisotopic (exact) mass is 354 g/mol. The van der Waals surface area contributed by atoms with Gasteiger partial charge in [0.1, 0.15) is 5.60 Å². The van der Waals surface area contributed by atoms with Crippen LogP contribution in [0.4, 0.5) is 0 Å². The van der Waals surface area contributed by atoms with Gasteiger partial charge in [-0.05, 0) is 43.8 Å². The average molecular weight is 355 g/mol. The molecule has 0 radical (unpaired) electrons. The molecule has 0 aliphatic heterocycles. The van der Waals surface area contributed by atoms with Crippen LogP contribution in [0.3, 0.4) is 0 Å². The van der Waals surface area contributed by atoms with Gasteiger partial charge in [0.25, 0.3) is 0 Å². The van der Waals surface area contributed by atoms with E-state index in [-0.39, 0.29) is 5.97 Å². The number of rotatable bonds is 9. The second-order valence-corrected chi connectivity index (χ2v) is 13.7. The largest absolute Gasteiger partial charge is 0.457 e. The third-order valence-corrected chi connectivity index (χ3v) is 10.3. The normalized spacial score (nSPS) is 13.8. The lowest BCUT2D eigenvalue weighted by Crippen LogP contribution is -2.47. The molecule has 0 N–H and O–H groups in total. The molecule has 0 spiro atoms. The Bertz CT molecular complexity index is 407. The molecule has 0 rings (SSSR count). The quantitative estimate of drug-likeness (QED) is 0.167. The average Bonchev–Trinajstić information content (AvgIpc) is 2.38. The number of hydrogen-bond donors (Lipinski definition) is 0. The fourth-order valence-corrected chi connectivity index (χ4v) is 8.92. The summed E-state index contributed by atoms with van der Waals surface area (Å²) in [7, 11) is -1.77. The molecule has 3 nitrogen and oxygen atoms in total. The van der Waals surface area contributed by atoms with E-state index < -0.39 is 13.9 Å². The van der Waals surface area contributed by atoms with Crippen molar-refractivity contribution in [3.63, 3.8) is 0 Å². The Labute approximate surface area is 150 Å². The standard InChI is InChI=1S/C20H38O3Si/c1-16(2)24(17(3)4,18(5)6)22-15-13-11-10-12-14-19(21)23-20(7,8)9/h10-12,14,16-18H,13,15H2,1-9H3/b11-10+,14-12+. The molecular formula is C20H38O3Si. The lowest BCUT2D eigenvalue weighted by molar-refractivity contribution is -0.148. The van der Waals surface area contributed by atoms with Gasteiger partial charge in [-0.25, -0.2) is 4.79 Å². The van der Waals surface area contributed by atoms with Gasteiger partial charge < -0.3 is 9.16 Å². The number of carbonyl (C=O) groups is 1. The van der Waals surface area contributed by atoms with E-state index in [0.717, 1.165) is 13.0 Å². The maximum atomic E-state index is 11.5. The van der Waals surface area contributed by atoms with Gasteiger partial charge in [-0.2, -0.15) is 0 Å².